The van der Waals surface area contributed by atoms with Gasteiger partial charge in [0.1, 0.15) is 12.1 Å². The number of carbonyl (C=O) groups is 3. The maximum atomic E-state index is 12.8. The van der Waals surface area contributed by atoms with Crippen LogP contribution in [-0.2, 0) is 14.4 Å². The van der Waals surface area contributed by atoms with Gasteiger partial charge in [-0.25, -0.2) is 0 Å². The second-order valence-electron chi connectivity index (χ2n) is 9.09. The van der Waals surface area contributed by atoms with Gasteiger partial charge in [-0.3, -0.25) is 14.4 Å². The van der Waals surface area contributed by atoms with E-state index in [-0.39, 0.29) is 35.0 Å². The van der Waals surface area contributed by atoms with Gasteiger partial charge >= 0.3 is 0 Å². The summed E-state index contributed by atoms with van der Waals surface area (Å²) < 4.78 is 0. The third-order valence-electron chi connectivity index (χ3n) is 5.58. The Morgan fingerprint density at radius 3 is 2.73 bits per heavy atom. The van der Waals surface area contributed by atoms with Gasteiger partial charge in [-0.15, -0.1) is 0 Å². The number of piperidine rings is 1. The van der Waals surface area contributed by atoms with Crippen LogP contribution in [0.1, 0.15) is 46.5 Å². The average molecular weight is 360 g/mol. The Kier molecular flexibility index (Phi) is 4.96. The Labute approximate surface area is 154 Å². The van der Waals surface area contributed by atoms with Crippen LogP contribution < -0.4 is 10.6 Å². The van der Waals surface area contributed by atoms with Crippen molar-refractivity contribution in [3.8, 4) is 6.07 Å². The van der Waals surface area contributed by atoms with Crippen LogP contribution in [0.25, 0.3) is 0 Å². The molecule has 3 aliphatic rings. The average Bonchev–Trinajstić information content (AvgIpc) is 3.01. The van der Waals surface area contributed by atoms with Crippen molar-refractivity contribution >= 4 is 17.7 Å². The standard InChI is InChI=1S/C19H28N4O3/c1-19(2,3)8-15(24)23-10-12-7-14(12)16(23)18(26)22-13(9-20)6-11-4-5-21-17(11)25/h11-14,16H,4-8,10H2,1-3H3,(H,21,25)(H,22,26)/t11-,12-,13-,14?,16-/m0/s1. The third-order valence-corrected chi connectivity index (χ3v) is 5.58. The molecule has 5 atom stereocenters. The molecule has 0 aromatic heterocycles. The molecule has 3 amide bonds. The fourth-order valence-electron chi connectivity index (χ4n) is 4.17. The Bertz CT molecular complexity index is 648. The molecule has 26 heavy (non-hydrogen) atoms. The monoisotopic (exact) mass is 360 g/mol. The minimum atomic E-state index is -0.700. The van der Waals surface area contributed by atoms with E-state index in [0.717, 1.165) is 6.42 Å². The number of nitrogens with one attached hydrogen (secondary N) is 2. The highest BCUT2D eigenvalue weighted by Gasteiger charge is 2.57. The number of rotatable bonds is 5. The summed E-state index contributed by atoms with van der Waals surface area (Å²) in [5, 5.41) is 14.9. The van der Waals surface area contributed by atoms with E-state index in [4.69, 9.17) is 0 Å². The van der Waals surface area contributed by atoms with Crippen molar-refractivity contribution in [3.05, 3.63) is 0 Å². The first kappa shape index (κ1) is 18.7. The highest BCUT2D eigenvalue weighted by molar-refractivity contribution is 5.90. The normalized spacial score (nSPS) is 31.0. The molecular weight excluding hydrogens is 332 g/mol. The smallest absolute Gasteiger partial charge is 0.244 e. The van der Waals surface area contributed by atoms with Gasteiger partial charge in [0.2, 0.25) is 17.7 Å². The number of amides is 3. The molecule has 3 rings (SSSR count). The summed E-state index contributed by atoms with van der Waals surface area (Å²) in [6.45, 7) is 7.29. The van der Waals surface area contributed by atoms with Crippen LogP contribution in [0.2, 0.25) is 0 Å². The summed E-state index contributed by atoms with van der Waals surface area (Å²) >= 11 is 0. The predicted octanol–water partition coefficient (Wildman–Crippen LogP) is 0.804. The number of carbonyl (C=O) groups excluding carboxylic acids is 3. The zero-order valence-corrected chi connectivity index (χ0v) is 15.7. The second kappa shape index (κ2) is 6.90. The van der Waals surface area contributed by atoms with E-state index in [1.807, 2.05) is 20.8 Å². The van der Waals surface area contributed by atoms with Gasteiger partial charge in [0.15, 0.2) is 0 Å². The number of likely N-dealkylation sites (tertiary alicyclic amines) is 1. The SMILES string of the molecule is CC(C)(C)CC(=O)N1C[C@@H]2CC2[C@H]1C(=O)N[C@H](C#N)C[C@@H]1CCNC1=O. The van der Waals surface area contributed by atoms with E-state index >= 15 is 0 Å². The fraction of sp³-hybridized carbons (Fsp3) is 0.789. The molecule has 1 unspecified atom stereocenters. The predicted molar refractivity (Wildman–Crippen MR) is 94.4 cm³/mol. The molecule has 1 aliphatic carbocycles. The van der Waals surface area contributed by atoms with Crippen molar-refractivity contribution in [1.29, 1.82) is 5.26 Å². The maximum Gasteiger partial charge on any atom is 0.244 e. The van der Waals surface area contributed by atoms with Gasteiger partial charge in [-0.05, 0) is 36.5 Å². The van der Waals surface area contributed by atoms with Crippen molar-refractivity contribution in [2.75, 3.05) is 13.1 Å². The minimum absolute atomic E-state index is 0.00790. The van der Waals surface area contributed by atoms with Crippen LogP contribution in [0.15, 0.2) is 0 Å². The van der Waals surface area contributed by atoms with E-state index < -0.39 is 12.1 Å². The Hall–Kier alpha value is -2.10. The molecule has 1 saturated carbocycles. The molecule has 2 heterocycles. The second-order valence-corrected chi connectivity index (χ2v) is 9.09. The summed E-state index contributed by atoms with van der Waals surface area (Å²) in [6.07, 6.45) is 2.39. The summed E-state index contributed by atoms with van der Waals surface area (Å²) in [7, 11) is 0. The summed E-state index contributed by atoms with van der Waals surface area (Å²) in [5.74, 6) is 0.111. The largest absolute Gasteiger partial charge is 0.356 e. The van der Waals surface area contributed by atoms with Crippen LogP contribution in [0, 0.1) is 34.5 Å². The van der Waals surface area contributed by atoms with Crippen molar-refractivity contribution in [1.82, 2.24) is 15.5 Å². The first-order valence-corrected chi connectivity index (χ1v) is 9.47. The highest BCUT2D eigenvalue weighted by Crippen LogP contribution is 2.50. The minimum Gasteiger partial charge on any atom is -0.356 e. The molecular formula is C19H28N4O3. The Morgan fingerprint density at radius 2 is 2.15 bits per heavy atom. The lowest BCUT2D eigenvalue weighted by Crippen LogP contribution is -2.51. The third kappa shape index (κ3) is 4.00. The van der Waals surface area contributed by atoms with E-state index in [1.165, 1.54) is 0 Å². The summed E-state index contributed by atoms with van der Waals surface area (Å²) in [4.78, 5) is 38.9. The van der Waals surface area contributed by atoms with Gasteiger partial charge in [-0.2, -0.15) is 5.26 Å². The van der Waals surface area contributed by atoms with Crippen LogP contribution in [0.4, 0.5) is 0 Å². The van der Waals surface area contributed by atoms with Crippen molar-refractivity contribution in [2.45, 2.75) is 58.5 Å². The fourth-order valence-corrected chi connectivity index (χ4v) is 4.17. The molecule has 2 N–H and O–H groups in total. The Balaban J connectivity index is 1.62. The van der Waals surface area contributed by atoms with Crippen LogP contribution in [0.3, 0.4) is 0 Å². The molecule has 7 nitrogen and oxygen atoms in total. The zero-order chi connectivity index (χ0) is 19.1. The van der Waals surface area contributed by atoms with E-state index in [9.17, 15) is 19.6 Å². The molecule has 3 fully saturated rings. The molecule has 0 spiro atoms. The van der Waals surface area contributed by atoms with E-state index in [1.54, 1.807) is 4.90 Å². The topological polar surface area (TPSA) is 102 Å². The molecule has 0 bridgehead atoms. The number of hydrogen-bond acceptors (Lipinski definition) is 4. The molecule has 7 heteroatoms. The van der Waals surface area contributed by atoms with E-state index in [0.29, 0.717) is 38.3 Å². The highest BCUT2D eigenvalue weighted by atomic mass is 16.2. The van der Waals surface area contributed by atoms with Crippen LogP contribution in [-0.4, -0.2) is 47.8 Å². The number of fused-ring (bicyclic) bond motifs is 1. The summed E-state index contributed by atoms with van der Waals surface area (Å²) in [6, 6.07) is 0.930. The number of hydrogen-bond donors (Lipinski definition) is 2. The zero-order valence-electron chi connectivity index (χ0n) is 15.7. The lowest BCUT2D eigenvalue weighted by atomic mass is 9.91. The lowest BCUT2D eigenvalue weighted by Gasteiger charge is -2.30. The number of nitrogens with zero attached hydrogens (tertiary/aromatic N) is 2. The first-order chi connectivity index (χ1) is 12.2. The van der Waals surface area contributed by atoms with Gasteiger partial charge in [0.05, 0.1) is 6.07 Å². The number of nitriles is 1. The van der Waals surface area contributed by atoms with Gasteiger partial charge < -0.3 is 15.5 Å². The maximum absolute atomic E-state index is 12.8. The van der Waals surface area contributed by atoms with Gasteiger partial charge in [0, 0.05) is 25.4 Å². The van der Waals surface area contributed by atoms with E-state index in [2.05, 4.69) is 16.7 Å². The van der Waals surface area contributed by atoms with Gasteiger partial charge in [0.25, 0.3) is 0 Å². The molecule has 0 aromatic rings. The van der Waals surface area contributed by atoms with Crippen molar-refractivity contribution in [2.24, 2.45) is 23.2 Å². The molecule has 0 aromatic carbocycles. The summed E-state index contributed by atoms with van der Waals surface area (Å²) in [5.41, 5.74) is -0.129. The molecule has 0 radical (unpaired) electrons. The van der Waals surface area contributed by atoms with Crippen LogP contribution in [0.5, 0.6) is 0 Å². The Morgan fingerprint density at radius 1 is 1.42 bits per heavy atom. The first-order valence-electron chi connectivity index (χ1n) is 9.47. The van der Waals surface area contributed by atoms with Crippen LogP contribution >= 0.6 is 0 Å². The lowest BCUT2D eigenvalue weighted by molar-refractivity contribution is -0.141. The van der Waals surface area contributed by atoms with Crippen molar-refractivity contribution < 1.29 is 14.4 Å². The van der Waals surface area contributed by atoms with Crippen molar-refractivity contribution in [3.63, 3.8) is 0 Å². The molecule has 2 aliphatic heterocycles. The van der Waals surface area contributed by atoms with Gasteiger partial charge in [-0.1, -0.05) is 20.8 Å². The molecule has 142 valence electrons. The molecule has 2 saturated heterocycles. The quantitative estimate of drug-likeness (QED) is 0.757.